The summed E-state index contributed by atoms with van der Waals surface area (Å²) >= 11 is 1.56. The molecule has 3 aromatic heterocycles. The Morgan fingerprint density at radius 3 is 2.72 bits per heavy atom. The van der Waals surface area contributed by atoms with Crippen LogP contribution in [0.5, 0.6) is 0 Å². The third-order valence-corrected chi connectivity index (χ3v) is 5.62. The monoisotopic (exact) mass is 445 g/mol. The maximum absolute atomic E-state index is 13.4. The molecule has 9 heteroatoms. The number of thiazole rings is 1. The van der Waals surface area contributed by atoms with Gasteiger partial charge in [0.25, 0.3) is 11.5 Å². The van der Waals surface area contributed by atoms with Crippen molar-refractivity contribution in [3.05, 3.63) is 106 Å². The van der Waals surface area contributed by atoms with E-state index < -0.39 is 11.7 Å². The van der Waals surface area contributed by atoms with E-state index in [1.54, 1.807) is 35.6 Å². The van der Waals surface area contributed by atoms with Gasteiger partial charge < -0.3 is 5.32 Å². The highest BCUT2D eigenvalue weighted by Crippen LogP contribution is 2.23. The second-order valence-corrected chi connectivity index (χ2v) is 7.97. The third kappa shape index (κ3) is 4.06. The summed E-state index contributed by atoms with van der Waals surface area (Å²) < 4.78 is 16.5. The first-order chi connectivity index (χ1) is 15.5. The molecule has 0 fully saturated rings. The average Bonchev–Trinajstić information content (AvgIpc) is 3.38. The number of fused-ring (bicyclic) bond motifs is 1. The van der Waals surface area contributed by atoms with E-state index in [1.165, 1.54) is 24.3 Å². The number of carbonyl (C=O) groups is 1. The lowest BCUT2D eigenvalue weighted by Crippen LogP contribution is -2.26. The predicted octanol–water partition coefficient (Wildman–Crippen LogP) is 4.06. The second-order valence-electron chi connectivity index (χ2n) is 7.09. The van der Waals surface area contributed by atoms with Crippen LogP contribution < -0.4 is 10.9 Å². The van der Waals surface area contributed by atoms with Crippen molar-refractivity contribution >= 4 is 27.9 Å². The molecule has 0 spiro atoms. The Balaban J connectivity index is 1.32. The van der Waals surface area contributed by atoms with Crippen LogP contribution in [0.1, 0.15) is 16.1 Å². The minimum Gasteiger partial charge on any atom is -0.321 e. The number of nitrogens with one attached hydrogen (secondary N) is 1. The van der Waals surface area contributed by atoms with Crippen LogP contribution >= 0.6 is 11.3 Å². The van der Waals surface area contributed by atoms with Crippen molar-refractivity contribution in [2.75, 3.05) is 5.32 Å². The van der Waals surface area contributed by atoms with E-state index in [0.29, 0.717) is 11.3 Å². The molecule has 3 heterocycles. The van der Waals surface area contributed by atoms with Gasteiger partial charge in [-0.25, -0.2) is 14.1 Å². The van der Waals surface area contributed by atoms with Crippen LogP contribution in [-0.4, -0.2) is 25.1 Å². The number of amides is 1. The maximum atomic E-state index is 13.4. The van der Waals surface area contributed by atoms with Crippen molar-refractivity contribution < 1.29 is 9.18 Å². The summed E-state index contributed by atoms with van der Waals surface area (Å²) in [5, 5.41) is 8.88. The van der Waals surface area contributed by atoms with Gasteiger partial charge in [-0.1, -0.05) is 24.3 Å². The molecule has 0 aliphatic rings. The molecule has 158 valence electrons. The van der Waals surface area contributed by atoms with Crippen molar-refractivity contribution in [2.24, 2.45) is 0 Å². The van der Waals surface area contributed by atoms with E-state index in [2.05, 4.69) is 15.4 Å². The Labute approximate surface area is 185 Å². The summed E-state index contributed by atoms with van der Waals surface area (Å²) in [6, 6.07) is 15.9. The standard InChI is InChI=1S/C23H16FN5O2S/c24-17-3-1-2-15(12-17)13-29-21(30)9-8-19(27-29)22(31)25-18-6-4-16(5-7-18)20-14-28-10-11-32-23(28)26-20/h1-12,14H,13H2,(H,25,31). The lowest BCUT2D eigenvalue weighted by atomic mass is 10.1. The van der Waals surface area contributed by atoms with Crippen LogP contribution in [0.4, 0.5) is 10.1 Å². The molecule has 0 bridgehead atoms. The van der Waals surface area contributed by atoms with Crippen molar-refractivity contribution in [1.29, 1.82) is 0 Å². The SMILES string of the molecule is O=C(Nc1ccc(-c2cn3ccsc3n2)cc1)c1ccc(=O)n(Cc2cccc(F)c2)n1. The Bertz CT molecular complexity index is 1460. The normalized spacial score (nSPS) is 11.0. The minimum absolute atomic E-state index is 0.0640. The van der Waals surface area contributed by atoms with Gasteiger partial charge in [0, 0.05) is 35.1 Å². The van der Waals surface area contributed by atoms with Crippen molar-refractivity contribution in [2.45, 2.75) is 6.54 Å². The van der Waals surface area contributed by atoms with E-state index in [9.17, 15) is 14.0 Å². The molecule has 0 saturated heterocycles. The molecule has 5 aromatic rings. The fourth-order valence-corrected chi connectivity index (χ4v) is 3.98. The van der Waals surface area contributed by atoms with Gasteiger partial charge in [0.05, 0.1) is 12.2 Å². The first kappa shape index (κ1) is 19.8. The average molecular weight is 445 g/mol. The molecular formula is C23H16FN5O2S. The zero-order chi connectivity index (χ0) is 22.1. The van der Waals surface area contributed by atoms with Crippen molar-refractivity contribution in [3.63, 3.8) is 0 Å². The number of aromatic nitrogens is 4. The largest absolute Gasteiger partial charge is 0.321 e. The molecule has 1 N–H and O–H groups in total. The molecule has 32 heavy (non-hydrogen) atoms. The lowest BCUT2D eigenvalue weighted by molar-refractivity contribution is 0.102. The molecular weight excluding hydrogens is 429 g/mol. The Hall–Kier alpha value is -4.11. The molecule has 0 aliphatic carbocycles. The number of hydrogen-bond donors (Lipinski definition) is 1. The fraction of sp³-hybridized carbons (Fsp3) is 0.0435. The Morgan fingerprint density at radius 2 is 1.94 bits per heavy atom. The number of imidazole rings is 1. The van der Waals surface area contributed by atoms with Crippen LogP contribution in [0.25, 0.3) is 16.2 Å². The highest BCUT2D eigenvalue weighted by Gasteiger charge is 2.12. The second kappa shape index (κ2) is 8.20. The number of nitrogens with zero attached hydrogens (tertiary/aromatic N) is 4. The van der Waals surface area contributed by atoms with E-state index in [-0.39, 0.29) is 17.8 Å². The summed E-state index contributed by atoms with van der Waals surface area (Å²) in [5.74, 6) is -0.850. The topological polar surface area (TPSA) is 81.3 Å². The quantitative estimate of drug-likeness (QED) is 0.442. The fourth-order valence-electron chi connectivity index (χ4n) is 3.28. The van der Waals surface area contributed by atoms with Crippen LogP contribution in [-0.2, 0) is 6.54 Å². The summed E-state index contributed by atoms with van der Waals surface area (Å²) in [7, 11) is 0. The predicted molar refractivity (Wildman–Crippen MR) is 120 cm³/mol. The summed E-state index contributed by atoms with van der Waals surface area (Å²) in [6.45, 7) is 0.0640. The maximum Gasteiger partial charge on any atom is 0.276 e. The zero-order valence-electron chi connectivity index (χ0n) is 16.6. The van der Waals surface area contributed by atoms with Crippen molar-refractivity contribution in [1.82, 2.24) is 19.2 Å². The van der Waals surface area contributed by atoms with E-state index in [0.717, 1.165) is 20.9 Å². The van der Waals surface area contributed by atoms with E-state index >= 15 is 0 Å². The zero-order valence-corrected chi connectivity index (χ0v) is 17.4. The molecule has 0 saturated carbocycles. The van der Waals surface area contributed by atoms with Crippen LogP contribution in [0.2, 0.25) is 0 Å². The summed E-state index contributed by atoms with van der Waals surface area (Å²) in [6.07, 6.45) is 3.90. The molecule has 0 atom stereocenters. The number of hydrogen-bond acceptors (Lipinski definition) is 5. The molecule has 0 radical (unpaired) electrons. The molecule has 5 rings (SSSR count). The number of halogens is 1. The molecule has 1 amide bonds. The van der Waals surface area contributed by atoms with Crippen molar-refractivity contribution in [3.8, 4) is 11.3 Å². The molecule has 2 aromatic carbocycles. The number of anilines is 1. The minimum atomic E-state index is -0.451. The van der Waals surface area contributed by atoms with Gasteiger partial charge in [-0.2, -0.15) is 5.10 Å². The lowest BCUT2D eigenvalue weighted by Gasteiger charge is -2.08. The van der Waals surface area contributed by atoms with Crippen LogP contribution in [0.3, 0.4) is 0 Å². The Kier molecular flexibility index (Phi) is 5.08. The number of rotatable bonds is 5. The number of carbonyl (C=O) groups excluding carboxylic acids is 1. The highest BCUT2D eigenvalue weighted by atomic mass is 32.1. The van der Waals surface area contributed by atoms with Gasteiger partial charge in [-0.3, -0.25) is 14.0 Å². The smallest absolute Gasteiger partial charge is 0.276 e. The molecule has 7 nitrogen and oxygen atoms in total. The highest BCUT2D eigenvalue weighted by molar-refractivity contribution is 7.15. The Morgan fingerprint density at radius 1 is 1.09 bits per heavy atom. The molecule has 0 unspecified atom stereocenters. The first-order valence-corrected chi connectivity index (χ1v) is 10.6. The van der Waals surface area contributed by atoms with Crippen LogP contribution in [0, 0.1) is 5.82 Å². The van der Waals surface area contributed by atoms with Gasteiger partial charge in [0.15, 0.2) is 4.96 Å². The summed E-state index contributed by atoms with van der Waals surface area (Å²) in [5.41, 5.74) is 2.65. The third-order valence-electron chi connectivity index (χ3n) is 4.85. The van der Waals surface area contributed by atoms with E-state index in [4.69, 9.17) is 0 Å². The number of benzene rings is 2. The van der Waals surface area contributed by atoms with Gasteiger partial charge >= 0.3 is 0 Å². The van der Waals surface area contributed by atoms with Crippen LogP contribution in [0.15, 0.2) is 83.2 Å². The van der Waals surface area contributed by atoms with Gasteiger partial charge in [0.1, 0.15) is 11.5 Å². The van der Waals surface area contributed by atoms with E-state index in [1.807, 2.05) is 34.3 Å². The van der Waals surface area contributed by atoms with Gasteiger partial charge in [-0.05, 0) is 35.9 Å². The summed E-state index contributed by atoms with van der Waals surface area (Å²) in [4.78, 5) is 30.3. The first-order valence-electron chi connectivity index (χ1n) is 9.72. The van der Waals surface area contributed by atoms with Gasteiger partial charge in [-0.15, -0.1) is 11.3 Å². The molecule has 0 aliphatic heterocycles. The van der Waals surface area contributed by atoms with Gasteiger partial charge in [0.2, 0.25) is 0 Å².